The highest BCUT2D eigenvalue weighted by Gasteiger charge is 2.27. The van der Waals surface area contributed by atoms with Crippen LogP contribution in [-0.2, 0) is 6.54 Å². The van der Waals surface area contributed by atoms with E-state index in [2.05, 4.69) is 14.8 Å². The van der Waals surface area contributed by atoms with E-state index in [0.29, 0.717) is 38.5 Å². The van der Waals surface area contributed by atoms with E-state index in [9.17, 15) is 17.6 Å². The third-order valence-electron chi connectivity index (χ3n) is 5.47. The Hall–Kier alpha value is -2.71. The van der Waals surface area contributed by atoms with Crippen molar-refractivity contribution in [2.24, 2.45) is 0 Å². The van der Waals surface area contributed by atoms with Crippen LogP contribution in [0.3, 0.4) is 0 Å². The molecule has 0 bridgehead atoms. The van der Waals surface area contributed by atoms with Gasteiger partial charge in [0.15, 0.2) is 0 Å². The summed E-state index contributed by atoms with van der Waals surface area (Å²) in [5, 5.41) is 0. The Morgan fingerprint density at radius 3 is 1.83 bits per heavy atom. The Morgan fingerprint density at radius 1 is 0.800 bits per heavy atom. The second-order valence-electron chi connectivity index (χ2n) is 7.35. The van der Waals surface area contributed by atoms with Gasteiger partial charge in [-0.2, -0.15) is 8.78 Å². The minimum Gasteiger partial charge on any atom is -0.293 e. The highest BCUT2D eigenvalue weighted by molar-refractivity contribution is 5.32. The van der Waals surface area contributed by atoms with Crippen molar-refractivity contribution in [3.63, 3.8) is 0 Å². The molecule has 2 aromatic carbocycles. The molecule has 1 aromatic heterocycles. The van der Waals surface area contributed by atoms with Crippen molar-refractivity contribution in [1.82, 2.24) is 19.4 Å². The van der Waals surface area contributed by atoms with E-state index in [4.69, 9.17) is 0 Å². The zero-order valence-corrected chi connectivity index (χ0v) is 16.3. The van der Waals surface area contributed by atoms with Crippen molar-refractivity contribution in [3.05, 3.63) is 89.5 Å². The van der Waals surface area contributed by atoms with Crippen LogP contribution in [0.25, 0.3) is 0 Å². The van der Waals surface area contributed by atoms with Crippen LogP contribution in [0.2, 0.25) is 0 Å². The van der Waals surface area contributed by atoms with Gasteiger partial charge < -0.3 is 0 Å². The average Bonchev–Trinajstić information content (AvgIpc) is 3.21. The molecule has 2 heterocycles. The normalized spacial score (nSPS) is 15.9. The molecule has 158 valence electrons. The van der Waals surface area contributed by atoms with E-state index in [-0.39, 0.29) is 17.7 Å². The molecule has 30 heavy (non-hydrogen) atoms. The summed E-state index contributed by atoms with van der Waals surface area (Å²) < 4.78 is 53.9. The highest BCUT2D eigenvalue weighted by atomic mass is 19.3. The van der Waals surface area contributed by atoms with Crippen molar-refractivity contribution in [1.29, 1.82) is 0 Å². The average molecular weight is 418 g/mol. The fourth-order valence-corrected chi connectivity index (χ4v) is 3.93. The second-order valence-corrected chi connectivity index (χ2v) is 7.35. The highest BCUT2D eigenvalue weighted by Crippen LogP contribution is 2.30. The van der Waals surface area contributed by atoms with Crippen molar-refractivity contribution in [2.45, 2.75) is 19.1 Å². The maximum atomic E-state index is 13.4. The predicted molar refractivity (Wildman–Crippen MR) is 105 cm³/mol. The summed E-state index contributed by atoms with van der Waals surface area (Å²) in [7, 11) is 0. The lowest BCUT2D eigenvalue weighted by atomic mass is 9.96. The lowest BCUT2D eigenvalue weighted by Gasteiger charge is -2.39. The number of piperazine rings is 1. The number of halogens is 4. The van der Waals surface area contributed by atoms with E-state index >= 15 is 0 Å². The van der Waals surface area contributed by atoms with E-state index in [1.807, 2.05) is 0 Å². The Morgan fingerprint density at radius 2 is 1.33 bits per heavy atom. The van der Waals surface area contributed by atoms with Gasteiger partial charge in [-0.15, -0.1) is 0 Å². The molecule has 0 aliphatic carbocycles. The molecule has 0 amide bonds. The minimum absolute atomic E-state index is 0.142. The number of benzene rings is 2. The number of hydrogen-bond donors (Lipinski definition) is 0. The van der Waals surface area contributed by atoms with Crippen LogP contribution in [0.15, 0.2) is 60.9 Å². The largest absolute Gasteiger partial charge is 0.319 e. The van der Waals surface area contributed by atoms with E-state index < -0.39 is 6.55 Å². The number of alkyl halides is 2. The first-order valence-electron chi connectivity index (χ1n) is 9.78. The van der Waals surface area contributed by atoms with Crippen LogP contribution in [0.5, 0.6) is 0 Å². The monoisotopic (exact) mass is 418 g/mol. The molecule has 0 radical (unpaired) electrons. The third kappa shape index (κ3) is 4.55. The number of nitrogens with zero attached hydrogens (tertiary/aromatic N) is 4. The molecule has 1 aliphatic rings. The van der Waals surface area contributed by atoms with Gasteiger partial charge in [-0.3, -0.25) is 14.4 Å². The lowest BCUT2D eigenvalue weighted by molar-refractivity contribution is 0.0589. The van der Waals surface area contributed by atoms with Gasteiger partial charge in [0.1, 0.15) is 17.5 Å². The third-order valence-corrected chi connectivity index (χ3v) is 5.47. The summed E-state index contributed by atoms with van der Waals surface area (Å²) in [6.45, 7) is 0.474. The van der Waals surface area contributed by atoms with E-state index in [1.54, 1.807) is 24.3 Å². The molecule has 1 fully saturated rings. The summed E-state index contributed by atoms with van der Waals surface area (Å²) in [4.78, 5) is 8.39. The fraction of sp³-hybridized carbons (Fsp3) is 0.318. The van der Waals surface area contributed by atoms with Crippen molar-refractivity contribution in [2.75, 3.05) is 26.2 Å². The molecule has 0 spiro atoms. The minimum atomic E-state index is -2.61. The predicted octanol–water partition coefficient (Wildman–Crippen LogP) is 4.46. The number of aromatic nitrogens is 2. The van der Waals surface area contributed by atoms with E-state index in [1.165, 1.54) is 36.7 Å². The summed E-state index contributed by atoms with van der Waals surface area (Å²) in [6.07, 6.45) is 2.67. The van der Waals surface area contributed by atoms with Gasteiger partial charge in [-0.05, 0) is 35.4 Å². The smallest absolute Gasteiger partial charge is 0.293 e. The van der Waals surface area contributed by atoms with Crippen LogP contribution < -0.4 is 0 Å². The molecule has 0 saturated carbocycles. The molecule has 1 aliphatic heterocycles. The molecule has 3 aromatic rings. The first-order valence-corrected chi connectivity index (χ1v) is 9.78. The molecule has 0 unspecified atom stereocenters. The first kappa shape index (κ1) is 20.6. The quantitative estimate of drug-likeness (QED) is 0.553. The first-order chi connectivity index (χ1) is 14.5. The van der Waals surface area contributed by atoms with Crippen LogP contribution in [0, 0.1) is 11.6 Å². The number of rotatable bonds is 6. The number of hydrogen-bond acceptors (Lipinski definition) is 3. The summed E-state index contributed by atoms with van der Waals surface area (Å²) >= 11 is 0. The molecule has 0 N–H and O–H groups in total. The summed E-state index contributed by atoms with van der Waals surface area (Å²) in [5.74, 6) is -0.279. The van der Waals surface area contributed by atoms with Gasteiger partial charge in [-0.1, -0.05) is 24.3 Å². The van der Waals surface area contributed by atoms with Crippen LogP contribution in [0.1, 0.15) is 29.5 Å². The molecular formula is C22H22F4N4. The van der Waals surface area contributed by atoms with Gasteiger partial charge in [0.05, 0.1) is 12.6 Å². The zero-order valence-electron chi connectivity index (χ0n) is 16.3. The van der Waals surface area contributed by atoms with Crippen LogP contribution >= 0.6 is 0 Å². The Labute approximate surface area is 172 Å². The Bertz CT molecular complexity index is 903. The molecule has 1 saturated heterocycles. The van der Waals surface area contributed by atoms with Crippen molar-refractivity contribution >= 4 is 0 Å². The Kier molecular flexibility index (Phi) is 6.15. The SMILES string of the molecule is Fc1ccc(C(c2ccc(F)cc2)N2CCN(Cc3nccn3C(F)F)CC2)cc1. The maximum absolute atomic E-state index is 13.4. The topological polar surface area (TPSA) is 24.3 Å². The van der Waals surface area contributed by atoms with Gasteiger partial charge in [-0.25, -0.2) is 13.8 Å². The van der Waals surface area contributed by atoms with Gasteiger partial charge in [0.25, 0.3) is 0 Å². The standard InChI is InChI=1S/C22H22F4N4/c23-18-5-1-16(2-6-18)21(17-3-7-19(24)8-4-17)29-13-11-28(12-14-29)15-20-27-9-10-30(20)22(25)26/h1-10,21-22H,11-15H2. The Balaban J connectivity index is 1.49. The second kappa shape index (κ2) is 8.97. The molecule has 4 nitrogen and oxygen atoms in total. The molecular weight excluding hydrogens is 396 g/mol. The number of imidazole rings is 1. The zero-order chi connectivity index (χ0) is 21.1. The van der Waals surface area contributed by atoms with E-state index in [0.717, 1.165) is 15.7 Å². The summed E-state index contributed by atoms with van der Waals surface area (Å²) in [6, 6.07) is 12.5. The lowest BCUT2D eigenvalue weighted by Crippen LogP contribution is -2.47. The molecule has 0 atom stereocenters. The van der Waals surface area contributed by atoms with Gasteiger partial charge in [0, 0.05) is 38.6 Å². The van der Waals surface area contributed by atoms with Gasteiger partial charge in [0.2, 0.25) is 0 Å². The van der Waals surface area contributed by atoms with Crippen LogP contribution in [0.4, 0.5) is 17.6 Å². The fourth-order valence-electron chi connectivity index (χ4n) is 3.93. The molecule has 8 heteroatoms. The van der Waals surface area contributed by atoms with Crippen molar-refractivity contribution < 1.29 is 17.6 Å². The van der Waals surface area contributed by atoms with Crippen molar-refractivity contribution in [3.8, 4) is 0 Å². The van der Waals surface area contributed by atoms with Gasteiger partial charge >= 0.3 is 6.55 Å². The maximum Gasteiger partial charge on any atom is 0.319 e. The molecule has 4 rings (SSSR count). The summed E-state index contributed by atoms with van der Waals surface area (Å²) in [5.41, 5.74) is 1.84. The van der Waals surface area contributed by atoms with Crippen LogP contribution in [-0.4, -0.2) is 45.5 Å².